The predicted molar refractivity (Wildman–Crippen MR) is 121 cm³/mol. The lowest BCUT2D eigenvalue weighted by molar-refractivity contribution is 0.101. The summed E-state index contributed by atoms with van der Waals surface area (Å²) in [5.74, 6) is -0.484. The molecule has 0 radical (unpaired) electrons. The van der Waals surface area contributed by atoms with Gasteiger partial charge in [-0.25, -0.2) is 4.39 Å². The quantitative estimate of drug-likeness (QED) is 0.393. The Morgan fingerprint density at radius 3 is 2.65 bits per heavy atom. The van der Waals surface area contributed by atoms with Gasteiger partial charge in [-0.3, -0.25) is 9.48 Å². The lowest BCUT2D eigenvalue weighted by atomic mass is 10.2. The lowest BCUT2D eigenvalue weighted by Crippen LogP contribution is -2.17. The molecule has 1 amide bonds. The average Bonchev–Trinajstić information content (AvgIpc) is 3.48. The standard InChI is InChI=1S/C24H19FN4OS/c25-19-6-1-4-17(12-19)16-29-21-8-11-31-23(21)14-22(29)24(30)27-20-7-2-5-18(13-20)15-28-10-3-9-26-28/h1-14H,15-16H2,(H,27,30). The number of hydrogen-bond acceptors (Lipinski definition) is 3. The van der Waals surface area contributed by atoms with Gasteiger partial charge in [0, 0.05) is 24.6 Å². The van der Waals surface area contributed by atoms with E-state index in [-0.39, 0.29) is 11.7 Å². The van der Waals surface area contributed by atoms with Crippen LogP contribution in [0.1, 0.15) is 21.6 Å². The maximum Gasteiger partial charge on any atom is 0.272 e. The van der Waals surface area contributed by atoms with Crippen LogP contribution in [0.15, 0.2) is 84.5 Å². The molecular weight excluding hydrogens is 411 g/mol. The molecule has 5 nitrogen and oxygen atoms in total. The Labute approximate surface area is 182 Å². The summed E-state index contributed by atoms with van der Waals surface area (Å²) in [6.07, 6.45) is 3.64. The minimum atomic E-state index is -0.286. The molecule has 0 aliphatic carbocycles. The van der Waals surface area contributed by atoms with Crippen molar-refractivity contribution in [3.8, 4) is 0 Å². The number of carbonyl (C=O) groups is 1. The molecule has 0 bridgehead atoms. The summed E-state index contributed by atoms with van der Waals surface area (Å²) in [5, 5.41) is 9.23. The van der Waals surface area contributed by atoms with E-state index in [1.165, 1.54) is 12.1 Å². The minimum Gasteiger partial charge on any atom is -0.331 e. The first-order chi connectivity index (χ1) is 15.2. The van der Waals surface area contributed by atoms with Crippen LogP contribution >= 0.6 is 11.3 Å². The van der Waals surface area contributed by atoms with Gasteiger partial charge in [-0.1, -0.05) is 24.3 Å². The van der Waals surface area contributed by atoms with Crippen LogP contribution in [0.2, 0.25) is 0 Å². The van der Waals surface area contributed by atoms with Crippen molar-refractivity contribution in [2.24, 2.45) is 0 Å². The van der Waals surface area contributed by atoms with Crippen molar-refractivity contribution in [2.45, 2.75) is 13.1 Å². The van der Waals surface area contributed by atoms with E-state index in [1.807, 2.05) is 69.4 Å². The molecule has 0 aliphatic rings. The van der Waals surface area contributed by atoms with Crippen molar-refractivity contribution >= 4 is 33.1 Å². The summed E-state index contributed by atoms with van der Waals surface area (Å²) in [6, 6.07) is 20.0. The van der Waals surface area contributed by atoms with Crippen molar-refractivity contribution in [3.63, 3.8) is 0 Å². The molecule has 0 atom stereocenters. The fourth-order valence-electron chi connectivity index (χ4n) is 3.68. The first-order valence-corrected chi connectivity index (χ1v) is 10.7. The van der Waals surface area contributed by atoms with Crippen molar-refractivity contribution in [1.29, 1.82) is 0 Å². The Morgan fingerprint density at radius 1 is 1.00 bits per heavy atom. The van der Waals surface area contributed by atoms with Crippen LogP contribution in [0.25, 0.3) is 10.2 Å². The third-order valence-corrected chi connectivity index (χ3v) is 5.93. The van der Waals surface area contributed by atoms with Gasteiger partial charge in [0.2, 0.25) is 0 Å². The molecule has 31 heavy (non-hydrogen) atoms. The van der Waals surface area contributed by atoms with Crippen molar-refractivity contribution < 1.29 is 9.18 Å². The van der Waals surface area contributed by atoms with Crippen LogP contribution in [-0.4, -0.2) is 20.3 Å². The van der Waals surface area contributed by atoms with Gasteiger partial charge in [-0.05, 0) is 59.0 Å². The van der Waals surface area contributed by atoms with Gasteiger partial charge < -0.3 is 9.88 Å². The first-order valence-electron chi connectivity index (χ1n) is 9.84. The molecule has 5 aromatic rings. The summed E-state index contributed by atoms with van der Waals surface area (Å²) >= 11 is 1.58. The van der Waals surface area contributed by atoms with Gasteiger partial charge in [-0.2, -0.15) is 5.10 Å². The number of nitrogens with one attached hydrogen (secondary N) is 1. The molecule has 3 heterocycles. The Hall–Kier alpha value is -3.71. The summed E-state index contributed by atoms with van der Waals surface area (Å²) in [7, 11) is 0. The highest BCUT2D eigenvalue weighted by Crippen LogP contribution is 2.27. The third kappa shape index (κ3) is 4.13. The van der Waals surface area contributed by atoms with Crippen LogP contribution < -0.4 is 5.32 Å². The summed E-state index contributed by atoms with van der Waals surface area (Å²) in [4.78, 5) is 13.2. The number of thiophene rings is 1. The lowest BCUT2D eigenvalue weighted by Gasteiger charge is -2.12. The molecule has 0 aliphatic heterocycles. The van der Waals surface area contributed by atoms with Crippen LogP contribution in [-0.2, 0) is 13.1 Å². The molecule has 2 aromatic carbocycles. The second kappa shape index (κ2) is 8.20. The predicted octanol–water partition coefficient (Wildman–Crippen LogP) is 5.39. The van der Waals surface area contributed by atoms with E-state index in [0.717, 1.165) is 27.0 Å². The molecule has 5 rings (SSSR count). The zero-order valence-electron chi connectivity index (χ0n) is 16.5. The smallest absolute Gasteiger partial charge is 0.272 e. The van der Waals surface area contributed by atoms with Crippen LogP contribution in [0, 0.1) is 5.82 Å². The van der Waals surface area contributed by atoms with E-state index in [0.29, 0.717) is 18.8 Å². The number of fused-ring (bicyclic) bond motifs is 1. The SMILES string of the molecule is O=C(Nc1cccc(Cn2cccn2)c1)c1cc2sccc2n1Cc1cccc(F)c1. The van der Waals surface area contributed by atoms with Gasteiger partial charge in [0.1, 0.15) is 11.5 Å². The number of benzene rings is 2. The highest BCUT2D eigenvalue weighted by atomic mass is 32.1. The Morgan fingerprint density at radius 2 is 1.84 bits per heavy atom. The molecule has 0 unspecified atom stereocenters. The third-order valence-electron chi connectivity index (χ3n) is 5.07. The van der Waals surface area contributed by atoms with Crippen LogP contribution in [0.4, 0.5) is 10.1 Å². The van der Waals surface area contributed by atoms with E-state index in [4.69, 9.17) is 0 Å². The second-order valence-electron chi connectivity index (χ2n) is 7.27. The molecule has 0 saturated carbocycles. The van der Waals surface area contributed by atoms with Crippen LogP contribution in [0.3, 0.4) is 0 Å². The van der Waals surface area contributed by atoms with E-state index in [1.54, 1.807) is 23.6 Å². The number of carbonyl (C=O) groups excluding carboxylic acids is 1. The maximum atomic E-state index is 13.7. The molecule has 0 spiro atoms. The largest absolute Gasteiger partial charge is 0.331 e. The van der Waals surface area contributed by atoms with Gasteiger partial charge in [0.25, 0.3) is 5.91 Å². The summed E-state index contributed by atoms with van der Waals surface area (Å²) in [5.41, 5.74) is 4.07. The molecule has 154 valence electrons. The van der Waals surface area contributed by atoms with E-state index in [2.05, 4.69) is 10.4 Å². The zero-order valence-corrected chi connectivity index (χ0v) is 17.3. The fraction of sp³-hybridized carbons (Fsp3) is 0.0833. The van der Waals surface area contributed by atoms with E-state index >= 15 is 0 Å². The zero-order chi connectivity index (χ0) is 21.2. The molecule has 3 aromatic heterocycles. The fourth-order valence-corrected chi connectivity index (χ4v) is 4.50. The molecular formula is C24H19FN4OS. The first kappa shape index (κ1) is 19.3. The second-order valence-corrected chi connectivity index (χ2v) is 8.22. The van der Waals surface area contributed by atoms with Gasteiger partial charge in [0.15, 0.2) is 0 Å². The monoisotopic (exact) mass is 430 g/mol. The average molecular weight is 431 g/mol. The topological polar surface area (TPSA) is 51.9 Å². The normalized spacial score (nSPS) is 11.1. The van der Waals surface area contributed by atoms with Gasteiger partial charge >= 0.3 is 0 Å². The molecule has 0 fully saturated rings. The van der Waals surface area contributed by atoms with Gasteiger partial charge in [-0.15, -0.1) is 11.3 Å². The molecule has 1 N–H and O–H groups in total. The Bertz CT molecular complexity index is 1350. The molecule has 0 saturated heterocycles. The summed E-state index contributed by atoms with van der Waals surface area (Å²) in [6.45, 7) is 1.04. The van der Waals surface area contributed by atoms with Crippen molar-refractivity contribution in [1.82, 2.24) is 14.3 Å². The van der Waals surface area contributed by atoms with Crippen molar-refractivity contribution in [2.75, 3.05) is 5.32 Å². The number of anilines is 1. The number of halogens is 1. The number of rotatable bonds is 6. The van der Waals surface area contributed by atoms with E-state index in [9.17, 15) is 9.18 Å². The molecule has 7 heteroatoms. The van der Waals surface area contributed by atoms with Gasteiger partial charge in [0.05, 0.1) is 16.8 Å². The Kier molecular flexibility index (Phi) is 5.09. The highest BCUT2D eigenvalue weighted by molar-refractivity contribution is 7.17. The minimum absolute atomic E-state index is 0.198. The van der Waals surface area contributed by atoms with E-state index < -0.39 is 0 Å². The maximum absolute atomic E-state index is 13.7. The number of amides is 1. The van der Waals surface area contributed by atoms with Crippen LogP contribution in [0.5, 0.6) is 0 Å². The number of nitrogens with zero attached hydrogens (tertiary/aromatic N) is 3. The Balaban J connectivity index is 1.42. The highest BCUT2D eigenvalue weighted by Gasteiger charge is 2.17. The number of hydrogen-bond donors (Lipinski definition) is 1. The number of aromatic nitrogens is 3. The van der Waals surface area contributed by atoms with Crippen molar-refractivity contribution in [3.05, 3.63) is 107 Å². The summed E-state index contributed by atoms with van der Waals surface area (Å²) < 4.78 is 18.5.